The van der Waals surface area contributed by atoms with Crippen LogP contribution in [0.3, 0.4) is 0 Å². The first-order valence-electron chi connectivity index (χ1n) is 7.62. The number of hydrogen-bond acceptors (Lipinski definition) is 5. The van der Waals surface area contributed by atoms with E-state index in [1.165, 1.54) is 4.57 Å². The quantitative estimate of drug-likeness (QED) is 0.901. The molecule has 0 radical (unpaired) electrons. The molecular formula is C16H18ClN3O3S. The molecule has 0 atom stereocenters. The number of para-hydroxylation sites is 1. The summed E-state index contributed by atoms with van der Waals surface area (Å²) in [6.45, 7) is 4.49. The zero-order valence-electron chi connectivity index (χ0n) is 13.3. The summed E-state index contributed by atoms with van der Waals surface area (Å²) in [6.07, 6.45) is 0. The number of anilines is 2. The van der Waals surface area contributed by atoms with Gasteiger partial charge in [0, 0.05) is 24.2 Å². The number of aromatic nitrogens is 1. The van der Waals surface area contributed by atoms with Crippen molar-refractivity contribution in [3.8, 4) is 0 Å². The monoisotopic (exact) mass is 367 g/mol. The number of halogens is 1. The molecule has 2 aromatic rings. The summed E-state index contributed by atoms with van der Waals surface area (Å²) < 4.78 is 6.83. The summed E-state index contributed by atoms with van der Waals surface area (Å²) in [5.41, 5.74) is 2.22. The van der Waals surface area contributed by atoms with Gasteiger partial charge in [0.25, 0.3) is 0 Å². The van der Waals surface area contributed by atoms with E-state index >= 15 is 0 Å². The van der Waals surface area contributed by atoms with E-state index in [1.807, 2.05) is 13.0 Å². The highest BCUT2D eigenvalue weighted by Crippen LogP contribution is 2.34. The Hall–Kier alpha value is -1.83. The van der Waals surface area contributed by atoms with Crippen LogP contribution < -0.4 is 15.1 Å². The summed E-state index contributed by atoms with van der Waals surface area (Å²) in [5, 5.41) is 5.21. The molecule has 0 saturated carbocycles. The van der Waals surface area contributed by atoms with Crippen LogP contribution in [0, 0.1) is 6.92 Å². The van der Waals surface area contributed by atoms with Crippen LogP contribution in [-0.4, -0.2) is 36.8 Å². The van der Waals surface area contributed by atoms with Gasteiger partial charge in [-0.2, -0.15) is 0 Å². The van der Waals surface area contributed by atoms with Crippen molar-refractivity contribution in [2.24, 2.45) is 0 Å². The Bertz CT molecular complexity index is 796. The average molecular weight is 368 g/mol. The fourth-order valence-electron chi connectivity index (χ4n) is 2.65. The van der Waals surface area contributed by atoms with E-state index in [0.717, 1.165) is 35.8 Å². The van der Waals surface area contributed by atoms with Crippen LogP contribution in [-0.2, 0) is 16.1 Å². The summed E-state index contributed by atoms with van der Waals surface area (Å²) >= 11 is 7.44. The lowest BCUT2D eigenvalue weighted by Crippen LogP contribution is -2.37. The van der Waals surface area contributed by atoms with Gasteiger partial charge in [0.05, 0.1) is 29.6 Å². The molecule has 0 bridgehead atoms. The van der Waals surface area contributed by atoms with E-state index in [4.69, 9.17) is 16.3 Å². The maximum atomic E-state index is 12.4. The fraction of sp³-hybridized carbons (Fsp3) is 0.375. The molecule has 1 fully saturated rings. The topological polar surface area (TPSA) is 63.6 Å². The molecule has 0 aliphatic carbocycles. The van der Waals surface area contributed by atoms with Crippen molar-refractivity contribution >= 4 is 40.2 Å². The van der Waals surface area contributed by atoms with E-state index in [0.29, 0.717) is 23.9 Å². The lowest BCUT2D eigenvalue weighted by molar-refractivity contribution is -0.116. The molecule has 128 valence electrons. The first-order valence-corrected chi connectivity index (χ1v) is 8.88. The third-order valence-corrected chi connectivity index (χ3v) is 5.05. The van der Waals surface area contributed by atoms with Crippen LogP contribution in [0.1, 0.15) is 5.69 Å². The molecule has 1 aromatic carbocycles. The Labute approximate surface area is 148 Å². The van der Waals surface area contributed by atoms with Gasteiger partial charge in [0.2, 0.25) is 5.91 Å². The summed E-state index contributed by atoms with van der Waals surface area (Å²) in [6, 6.07) is 5.41. The zero-order chi connectivity index (χ0) is 17.1. The third kappa shape index (κ3) is 3.63. The molecule has 1 aliphatic rings. The second-order valence-electron chi connectivity index (χ2n) is 5.51. The highest BCUT2D eigenvalue weighted by atomic mass is 35.5. The molecule has 1 saturated heterocycles. The number of aryl methyl sites for hydroxylation is 1. The predicted octanol–water partition coefficient (Wildman–Crippen LogP) is 2.35. The van der Waals surface area contributed by atoms with E-state index in [-0.39, 0.29) is 17.3 Å². The van der Waals surface area contributed by atoms with Gasteiger partial charge in [-0.05, 0) is 19.1 Å². The molecular weight excluding hydrogens is 350 g/mol. The van der Waals surface area contributed by atoms with Crippen LogP contribution in [0.25, 0.3) is 0 Å². The summed E-state index contributed by atoms with van der Waals surface area (Å²) in [4.78, 5) is 26.1. The predicted molar refractivity (Wildman–Crippen MR) is 96.4 cm³/mol. The Kier molecular flexibility index (Phi) is 5.23. The van der Waals surface area contributed by atoms with Gasteiger partial charge in [0.15, 0.2) is 0 Å². The minimum absolute atomic E-state index is 0.0107. The summed E-state index contributed by atoms with van der Waals surface area (Å²) in [5.74, 6) is -0.254. The maximum Gasteiger partial charge on any atom is 0.307 e. The van der Waals surface area contributed by atoms with Crippen LogP contribution in [0.2, 0.25) is 5.02 Å². The van der Waals surface area contributed by atoms with Crippen molar-refractivity contribution in [3.63, 3.8) is 0 Å². The van der Waals surface area contributed by atoms with Gasteiger partial charge >= 0.3 is 4.87 Å². The maximum absolute atomic E-state index is 12.4. The van der Waals surface area contributed by atoms with E-state index in [9.17, 15) is 9.59 Å². The van der Waals surface area contributed by atoms with Gasteiger partial charge in [-0.1, -0.05) is 29.0 Å². The van der Waals surface area contributed by atoms with Crippen molar-refractivity contribution in [1.29, 1.82) is 0 Å². The van der Waals surface area contributed by atoms with Crippen molar-refractivity contribution in [3.05, 3.63) is 44.0 Å². The lowest BCUT2D eigenvalue weighted by atomic mass is 10.2. The minimum Gasteiger partial charge on any atom is -0.378 e. The average Bonchev–Trinajstić information content (AvgIpc) is 2.88. The number of ether oxygens (including phenoxy) is 1. The number of hydrogen-bond donors (Lipinski definition) is 1. The number of amides is 1. The molecule has 1 aromatic heterocycles. The molecule has 0 spiro atoms. The van der Waals surface area contributed by atoms with Gasteiger partial charge in [-0.3, -0.25) is 14.2 Å². The highest BCUT2D eigenvalue weighted by molar-refractivity contribution is 7.07. The molecule has 1 N–H and O–H groups in total. The summed E-state index contributed by atoms with van der Waals surface area (Å²) in [7, 11) is 0. The van der Waals surface area contributed by atoms with Crippen molar-refractivity contribution in [2.75, 3.05) is 36.5 Å². The second kappa shape index (κ2) is 7.38. The van der Waals surface area contributed by atoms with Crippen molar-refractivity contribution < 1.29 is 9.53 Å². The van der Waals surface area contributed by atoms with Gasteiger partial charge in [-0.15, -0.1) is 0 Å². The second-order valence-corrected chi connectivity index (χ2v) is 6.74. The number of benzene rings is 1. The highest BCUT2D eigenvalue weighted by Gasteiger charge is 2.19. The number of carbonyl (C=O) groups excluding carboxylic acids is 1. The number of rotatable bonds is 4. The standard InChI is InChI=1S/C16H18ClN3O3S/c1-11-10-24-16(22)20(11)9-14(21)18-13-4-2-3-12(17)15(13)19-5-7-23-8-6-19/h2-4,10H,5-9H2,1H3,(H,18,21). The smallest absolute Gasteiger partial charge is 0.307 e. The number of nitrogens with one attached hydrogen (secondary N) is 1. The molecule has 2 heterocycles. The van der Waals surface area contributed by atoms with E-state index in [1.54, 1.807) is 17.5 Å². The van der Waals surface area contributed by atoms with Crippen LogP contribution in [0.4, 0.5) is 11.4 Å². The third-order valence-electron chi connectivity index (χ3n) is 3.87. The van der Waals surface area contributed by atoms with E-state index in [2.05, 4.69) is 10.2 Å². The van der Waals surface area contributed by atoms with Gasteiger partial charge in [-0.25, -0.2) is 0 Å². The molecule has 3 rings (SSSR count). The van der Waals surface area contributed by atoms with Gasteiger partial charge < -0.3 is 15.0 Å². The Morgan fingerprint density at radius 1 is 1.38 bits per heavy atom. The number of carbonyl (C=O) groups is 1. The normalized spacial score (nSPS) is 14.7. The fourth-order valence-corrected chi connectivity index (χ4v) is 3.68. The number of thiazole rings is 1. The van der Waals surface area contributed by atoms with E-state index < -0.39 is 0 Å². The number of morpholine rings is 1. The first-order chi connectivity index (χ1) is 11.6. The van der Waals surface area contributed by atoms with Crippen LogP contribution in [0.5, 0.6) is 0 Å². The Morgan fingerprint density at radius 3 is 2.79 bits per heavy atom. The van der Waals surface area contributed by atoms with Crippen LogP contribution in [0.15, 0.2) is 28.4 Å². The largest absolute Gasteiger partial charge is 0.378 e. The van der Waals surface area contributed by atoms with Gasteiger partial charge in [0.1, 0.15) is 6.54 Å². The van der Waals surface area contributed by atoms with Crippen molar-refractivity contribution in [1.82, 2.24) is 4.57 Å². The Balaban J connectivity index is 1.80. The van der Waals surface area contributed by atoms with Crippen LogP contribution >= 0.6 is 22.9 Å². The van der Waals surface area contributed by atoms with Crippen molar-refractivity contribution in [2.45, 2.75) is 13.5 Å². The molecule has 6 nitrogen and oxygen atoms in total. The molecule has 8 heteroatoms. The Morgan fingerprint density at radius 2 is 2.12 bits per heavy atom. The first kappa shape index (κ1) is 17.0. The molecule has 24 heavy (non-hydrogen) atoms. The molecule has 1 aliphatic heterocycles. The zero-order valence-corrected chi connectivity index (χ0v) is 14.8. The molecule has 0 unspecified atom stereocenters. The number of nitrogens with zero attached hydrogens (tertiary/aromatic N) is 2. The minimum atomic E-state index is -0.254. The SMILES string of the molecule is Cc1csc(=O)n1CC(=O)Nc1cccc(Cl)c1N1CCOCC1. The molecule has 1 amide bonds. The lowest BCUT2D eigenvalue weighted by Gasteiger charge is -2.31.